The topological polar surface area (TPSA) is 77.8 Å². The summed E-state index contributed by atoms with van der Waals surface area (Å²) in [4.78, 5) is 26.2. The third-order valence-electron chi connectivity index (χ3n) is 5.88. The zero-order chi connectivity index (χ0) is 22.9. The molecular weight excluding hydrogens is 422 g/mol. The van der Waals surface area contributed by atoms with Gasteiger partial charge in [0.2, 0.25) is 5.91 Å². The minimum absolute atomic E-state index is 0.0174. The number of carboxylic acid groups (broad SMARTS) is 1. The fourth-order valence-corrected chi connectivity index (χ4v) is 4.69. The van der Waals surface area contributed by atoms with Gasteiger partial charge in [-0.05, 0) is 55.4 Å². The van der Waals surface area contributed by atoms with Crippen LogP contribution in [-0.2, 0) is 11.2 Å². The van der Waals surface area contributed by atoms with E-state index in [9.17, 15) is 14.7 Å². The molecule has 0 bridgehead atoms. The van der Waals surface area contributed by atoms with Crippen molar-refractivity contribution in [3.63, 3.8) is 0 Å². The number of likely N-dealkylation sites (tertiary alicyclic amines) is 1. The van der Waals surface area contributed by atoms with Crippen LogP contribution in [0.25, 0.3) is 6.08 Å². The van der Waals surface area contributed by atoms with Crippen LogP contribution in [0.1, 0.15) is 52.7 Å². The summed E-state index contributed by atoms with van der Waals surface area (Å²) in [5.41, 5.74) is 1.32. The molecule has 32 heavy (non-hydrogen) atoms. The fraction of sp³-hybridized carbons (Fsp3) is 0.385. The molecule has 2 heterocycles. The van der Waals surface area contributed by atoms with Crippen LogP contribution in [0.15, 0.2) is 60.7 Å². The molecule has 1 saturated heterocycles. The molecule has 1 aromatic carbocycles. The molecule has 1 amide bonds. The SMILES string of the molecule is C[C@@H](CCCc1ccccc1)[C@H](O)/C=C/[C@H]1CCC(=O)N1C/C=C\c1ccc(C(=O)O)s1. The molecule has 6 heteroatoms. The van der Waals surface area contributed by atoms with Crippen molar-refractivity contribution >= 4 is 29.3 Å². The highest BCUT2D eigenvalue weighted by Gasteiger charge is 2.28. The van der Waals surface area contributed by atoms with Crippen molar-refractivity contribution < 1.29 is 19.8 Å². The van der Waals surface area contributed by atoms with Gasteiger partial charge in [0.05, 0.1) is 12.1 Å². The predicted molar refractivity (Wildman–Crippen MR) is 129 cm³/mol. The number of benzene rings is 1. The number of amides is 1. The van der Waals surface area contributed by atoms with Crippen LogP contribution < -0.4 is 0 Å². The van der Waals surface area contributed by atoms with E-state index in [4.69, 9.17) is 5.11 Å². The van der Waals surface area contributed by atoms with E-state index in [0.717, 1.165) is 30.6 Å². The summed E-state index contributed by atoms with van der Waals surface area (Å²) in [5.74, 6) is -0.669. The van der Waals surface area contributed by atoms with Crippen molar-refractivity contribution in [1.29, 1.82) is 0 Å². The number of rotatable bonds is 11. The number of aliphatic hydroxyl groups excluding tert-OH is 1. The van der Waals surface area contributed by atoms with E-state index < -0.39 is 12.1 Å². The molecule has 170 valence electrons. The smallest absolute Gasteiger partial charge is 0.345 e. The minimum Gasteiger partial charge on any atom is -0.477 e. The summed E-state index contributed by atoms with van der Waals surface area (Å²) in [5, 5.41) is 19.6. The number of hydrogen-bond donors (Lipinski definition) is 2. The third-order valence-corrected chi connectivity index (χ3v) is 6.92. The summed E-state index contributed by atoms with van der Waals surface area (Å²) in [6.07, 6.45) is 11.3. The van der Waals surface area contributed by atoms with Crippen LogP contribution >= 0.6 is 11.3 Å². The van der Waals surface area contributed by atoms with Crippen LogP contribution in [0.4, 0.5) is 0 Å². The number of aliphatic hydroxyl groups is 1. The molecular formula is C26H31NO4S. The van der Waals surface area contributed by atoms with Gasteiger partial charge in [-0.2, -0.15) is 0 Å². The van der Waals surface area contributed by atoms with E-state index in [1.54, 1.807) is 12.1 Å². The Bertz CT molecular complexity index is 950. The highest BCUT2D eigenvalue weighted by atomic mass is 32.1. The Hall–Kier alpha value is -2.70. The van der Waals surface area contributed by atoms with Crippen molar-refractivity contribution in [3.8, 4) is 0 Å². The van der Waals surface area contributed by atoms with E-state index >= 15 is 0 Å². The summed E-state index contributed by atoms with van der Waals surface area (Å²) in [6, 6.07) is 13.7. The summed E-state index contributed by atoms with van der Waals surface area (Å²) in [7, 11) is 0. The second kappa shape index (κ2) is 11.8. The molecule has 0 saturated carbocycles. The second-order valence-corrected chi connectivity index (χ2v) is 9.41. The van der Waals surface area contributed by atoms with Gasteiger partial charge in [0.15, 0.2) is 0 Å². The third kappa shape index (κ3) is 6.90. The van der Waals surface area contributed by atoms with Crippen LogP contribution in [0.5, 0.6) is 0 Å². The van der Waals surface area contributed by atoms with Crippen molar-refractivity contribution in [3.05, 3.63) is 76.0 Å². The lowest BCUT2D eigenvalue weighted by Gasteiger charge is -2.22. The van der Waals surface area contributed by atoms with Crippen LogP contribution in [0, 0.1) is 5.92 Å². The van der Waals surface area contributed by atoms with Gasteiger partial charge in [-0.25, -0.2) is 4.79 Å². The first-order valence-electron chi connectivity index (χ1n) is 11.1. The second-order valence-electron chi connectivity index (χ2n) is 8.29. The molecule has 0 aliphatic carbocycles. The number of thiophene rings is 1. The number of nitrogens with zero attached hydrogens (tertiary/aromatic N) is 1. The van der Waals surface area contributed by atoms with Gasteiger partial charge < -0.3 is 15.1 Å². The van der Waals surface area contributed by atoms with Crippen molar-refractivity contribution in [1.82, 2.24) is 4.90 Å². The zero-order valence-electron chi connectivity index (χ0n) is 18.4. The molecule has 1 aromatic heterocycles. The van der Waals surface area contributed by atoms with Crippen LogP contribution in [0.2, 0.25) is 0 Å². The average molecular weight is 454 g/mol. The molecule has 1 aliphatic heterocycles. The van der Waals surface area contributed by atoms with E-state index in [1.807, 2.05) is 47.4 Å². The highest BCUT2D eigenvalue weighted by molar-refractivity contribution is 7.14. The number of carbonyl (C=O) groups excluding carboxylic acids is 1. The minimum atomic E-state index is -0.928. The molecule has 0 spiro atoms. The molecule has 2 N–H and O–H groups in total. The van der Waals surface area contributed by atoms with E-state index in [1.165, 1.54) is 16.9 Å². The maximum Gasteiger partial charge on any atom is 0.345 e. The molecule has 5 nitrogen and oxygen atoms in total. The lowest BCUT2D eigenvalue weighted by molar-refractivity contribution is -0.127. The summed E-state index contributed by atoms with van der Waals surface area (Å²) < 4.78 is 0. The quantitative estimate of drug-likeness (QED) is 0.468. The normalized spacial score (nSPS) is 18.6. The number of carboxylic acids is 1. The predicted octanol–water partition coefficient (Wildman–Crippen LogP) is 5.03. The first kappa shape index (κ1) is 24.0. The molecule has 1 fully saturated rings. The Labute approximate surface area is 193 Å². The van der Waals surface area contributed by atoms with Gasteiger partial charge in [0.1, 0.15) is 4.88 Å². The molecule has 3 atom stereocenters. The van der Waals surface area contributed by atoms with Crippen molar-refractivity contribution in [2.45, 2.75) is 51.2 Å². The highest BCUT2D eigenvalue weighted by Crippen LogP contribution is 2.22. The Morgan fingerprint density at radius 3 is 2.75 bits per heavy atom. The van der Waals surface area contributed by atoms with Gasteiger partial charge in [0.25, 0.3) is 0 Å². The Balaban J connectivity index is 1.47. The Morgan fingerprint density at radius 1 is 1.25 bits per heavy atom. The number of carbonyl (C=O) groups is 2. The monoisotopic (exact) mass is 453 g/mol. The van der Waals surface area contributed by atoms with Gasteiger partial charge in [0, 0.05) is 17.8 Å². The number of aromatic carboxylic acids is 1. The lowest BCUT2D eigenvalue weighted by Crippen LogP contribution is -2.32. The zero-order valence-corrected chi connectivity index (χ0v) is 19.2. The van der Waals surface area contributed by atoms with Gasteiger partial charge >= 0.3 is 5.97 Å². The molecule has 2 aromatic rings. The maximum atomic E-state index is 12.3. The lowest BCUT2D eigenvalue weighted by atomic mass is 9.95. The first-order chi connectivity index (χ1) is 15.4. The molecule has 0 radical (unpaired) electrons. The largest absolute Gasteiger partial charge is 0.477 e. The van der Waals surface area contributed by atoms with Crippen molar-refractivity contribution in [2.75, 3.05) is 6.54 Å². The first-order valence-corrected chi connectivity index (χ1v) is 11.9. The number of aryl methyl sites for hydroxylation is 1. The van der Waals surface area contributed by atoms with Gasteiger partial charge in [-0.1, -0.05) is 55.5 Å². The molecule has 0 unspecified atom stereocenters. The maximum absolute atomic E-state index is 12.3. The van der Waals surface area contributed by atoms with Crippen LogP contribution in [-0.4, -0.2) is 45.7 Å². The van der Waals surface area contributed by atoms with E-state index in [0.29, 0.717) is 17.8 Å². The summed E-state index contributed by atoms with van der Waals surface area (Å²) >= 11 is 1.21. The van der Waals surface area contributed by atoms with E-state index in [-0.39, 0.29) is 17.9 Å². The van der Waals surface area contributed by atoms with Gasteiger partial charge in [-0.3, -0.25) is 4.79 Å². The Kier molecular flexibility index (Phi) is 8.82. The van der Waals surface area contributed by atoms with Crippen LogP contribution in [0.3, 0.4) is 0 Å². The number of hydrogen-bond acceptors (Lipinski definition) is 4. The van der Waals surface area contributed by atoms with Gasteiger partial charge in [-0.15, -0.1) is 11.3 Å². The summed E-state index contributed by atoms with van der Waals surface area (Å²) in [6.45, 7) is 2.53. The average Bonchev–Trinajstić information content (AvgIpc) is 3.40. The van der Waals surface area contributed by atoms with Crippen molar-refractivity contribution in [2.24, 2.45) is 5.92 Å². The molecule has 1 aliphatic rings. The molecule has 3 rings (SSSR count). The van der Waals surface area contributed by atoms with E-state index in [2.05, 4.69) is 19.1 Å². The fourth-order valence-electron chi connectivity index (χ4n) is 3.91. The Morgan fingerprint density at radius 2 is 2.03 bits per heavy atom. The standard InChI is InChI=1S/C26H31NO4S/c1-19(7-5-10-20-8-3-2-4-9-20)23(28)15-12-21-13-17-25(29)27(21)18-6-11-22-14-16-24(32-22)26(30)31/h2-4,6,8-9,11-12,14-16,19,21,23,28H,5,7,10,13,17-18H2,1H3,(H,30,31)/b11-6-,15-12+/t19-,21-,23+/m0/s1.